The minimum Gasteiger partial charge on any atom is -0.465 e. The molecule has 1 aliphatic heterocycles. The van der Waals surface area contributed by atoms with Crippen molar-refractivity contribution in [3.05, 3.63) is 93.8 Å². The van der Waals surface area contributed by atoms with Crippen molar-refractivity contribution in [3.63, 3.8) is 0 Å². The van der Waals surface area contributed by atoms with Crippen molar-refractivity contribution in [1.82, 2.24) is 24.3 Å². The van der Waals surface area contributed by atoms with Gasteiger partial charge in [0.1, 0.15) is 5.69 Å². The molecule has 0 spiro atoms. The number of imide groups is 1. The number of nitrogen functional groups attached to an aromatic ring is 1. The first-order valence-electron chi connectivity index (χ1n) is 17.9. The Kier molecular flexibility index (Phi) is 12.1. The smallest absolute Gasteiger partial charge is 0.416 e. The van der Waals surface area contributed by atoms with E-state index in [1.54, 1.807) is 53.9 Å². The minimum absolute atomic E-state index is 0.0249. The number of anilines is 2. The predicted molar refractivity (Wildman–Crippen MR) is 209 cm³/mol. The molecule has 0 unspecified atom stereocenters. The maximum Gasteiger partial charge on any atom is 0.416 e. The molecule has 0 radical (unpaired) electrons. The van der Waals surface area contributed by atoms with Crippen molar-refractivity contribution in [2.45, 2.75) is 64.5 Å². The van der Waals surface area contributed by atoms with Gasteiger partial charge in [-0.25, -0.2) is 19.7 Å². The number of hydrogen-bond acceptors (Lipinski definition) is 8. The molecular formula is C40H46F3N7O5Si. The zero-order valence-corrected chi connectivity index (χ0v) is 33.5. The summed E-state index contributed by atoms with van der Waals surface area (Å²) in [6.07, 6.45) is -4.31. The highest BCUT2D eigenvalue weighted by Crippen LogP contribution is 2.37. The molecule has 4 aromatic rings. The number of halogens is 3. The van der Waals surface area contributed by atoms with Crippen LogP contribution < -0.4 is 11.1 Å². The molecule has 56 heavy (non-hydrogen) atoms. The number of fused-ring (bicyclic) bond motifs is 1. The van der Waals surface area contributed by atoms with Gasteiger partial charge >= 0.3 is 12.3 Å². The molecule has 5 rings (SSSR count). The van der Waals surface area contributed by atoms with Gasteiger partial charge in [0, 0.05) is 62.9 Å². The quantitative estimate of drug-likeness (QED) is 0.116. The molecule has 0 saturated carbocycles. The molecule has 0 fully saturated rings. The Bertz CT molecular complexity index is 2220. The number of carbonyl (C=O) groups excluding carboxylic acids is 2. The standard InChI is InChI=1S/C40H46F3N7O5Si/c1-39(2,3)56(6,7)55-18-17-48(4)24-28-13-14-29(21-31(28)40(41,42)43)46-34(51)20-26-10-8-9-25(19-26)11-12-27-23-45-37(44)47-35(27)33-22-30-32(49(33)5)15-16-50(36(30)52)38(53)54/h8-10,13-14,19,21-23H,15-18,20,24H2,1-7H3,(H,46,51)(H,53,54)(H2,44,45,47). The van der Waals surface area contributed by atoms with Crippen LogP contribution in [-0.4, -0.2) is 82.4 Å². The lowest BCUT2D eigenvalue weighted by Gasteiger charge is -2.36. The number of nitrogens with zero attached hydrogens (tertiary/aromatic N) is 5. The van der Waals surface area contributed by atoms with E-state index < -0.39 is 38.0 Å². The van der Waals surface area contributed by atoms with E-state index >= 15 is 0 Å². The highest BCUT2D eigenvalue weighted by Gasteiger charge is 2.37. The maximum absolute atomic E-state index is 14.2. The van der Waals surface area contributed by atoms with Crippen molar-refractivity contribution in [1.29, 1.82) is 0 Å². The fourth-order valence-electron chi connectivity index (χ4n) is 6.08. The van der Waals surface area contributed by atoms with Crippen LogP contribution in [0.1, 0.15) is 64.6 Å². The summed E-state index contributed by atoms with van der Waals surface area (Å²) in [4.78, 5) is 48.5. The van der Waals surface area contributed by atoms with Gasteiger partial charge in [0.05, 0.1) is 28.8 Å². The molecule has 16 heteroatoms. The van der Waals surface area contributed by atoms with Gasteiger partial charge in [0.15, 0.2) is 8.32 Å². The summed E-state index contributed by atoms with van der Waals surface area (Å²) < 4.78 is 50.6. The fraction of sp³-hybridized carbons (Fsp3) is 0.375. The Morgan fingerprint density at radius 1 is 1.11 bits per heavy atom. The van der Waals surface area contributed by atoms with Crippen LogP contribution in [0.4, 0.5) is 29.6 Å². The van der Waals surface area contributed by atoms with E-state index in [-0.39, 0.29) is 47.3 Å². The molecule has 2 aromatic heterocycles. The second kappa shape index (κ2) is 16.3. The first-order valence-corrected chi connectivity index (χ1v) is 20.8. The summed E-state index contributed by atoms with van der Waals surface area (Å²) >= 11 is 0. The van der Waals surface area contributed by atoms with Crippen LogP contribution >= 0.6 is 0 Å². The molecule has 4 N–H and O–H groups in total. The van der Waals surface area contributed by atoms with Crippen LogP contribution in [0.15, 0.2) is 54.7 Å². The third-order valence-electron chi connectivity index (χ3n) is 10.2. The number of carbonyl (C=O) groups is 3. The molecule has 1 aliphatic rings. The van der Waals surface area contributed by atoms with E-state index in [0.717, 1.165) is 11.0 Å². The number of amides is 3. The minimum atomic E-state index is -4.63. The number of nitrogens with two attached hydrogens (primary N) is 1. The summed E-state index contributed by atoms with van der Waals surface area (Å²) in [5, 5.41) is 12.0. The van der Waals surface area contributed by atoms with E-state index in [4.69, 9.17) is 10.2 Å². The Hall–Kier alpha value is -5.50. The SMILES string of the molecule is CN(CCO[Si](C)(C)C(C)(C)C)Cc1ccc(NC(=O)Cc2cccc(C#Cc3cnc(N)nc3-c3cc4c(n3C)CCN(C(=O)O)C4=O)c2)cc1C(F)(F)F. The number of carboxylic acid groups (broad SMARTS) is 1. The van der Waals surface area contributed by atoms with Gasteiger partial charge in [-0.1, -0.05) is 50.8 Å². The monoisotopic (exact) mass is 789 g/mol. The molecule has 2 aromatic carbocycles. The van der Waals surface area contributed by atoms with E-state index in [9.17, 15) is 32.7 Å². The predicted octanol–water partition coefficient (Wildman–Crippen LogP) is 6.79. The third kappa shape index (κ3) is 9.65. The van der Waals surface area contributed by atoms with Gasteiger partial charge in [-0.15, -0.1) is 0 Å². The highest BCUT2D eigenvalue weighted by atomic mass is 28.4. The topological polar surface area (TPSA) is 156 Å². The third-order valence-corrected chi connectivity index (χ3v) is 14.7. The maximum atomic E-state index is 14.2. The van der Waals surface area contributed by atoms with Crippen molar-refractivity contribution in [2.75, 3.05) is 37.8 Å². The lowest BCUT2D eigenvalue weighted by molar-refractivity contribution is -0.138. The van der Waals surface area contributed by atoms with Gasteiger partial charge in [0.25, 0.3) is 5.91 Å². The largest absolute Gasteiger partial charge is 0.465 e. The van der Waals surface area contributed by atoms with Gasteiger partial charge in [-0.2, -0.15) is 13.2 Å². The van der Waals surface area contributed by atoms with E-state index in [0.29, 0.717) is 53.3 Å². The first kappa shape index (κ1) is 41.7. The number of alkyl halides is 3. The zero-order valence-electron chi connectivity index (χ0n) is 32.5. The van der Waals surface area contributed by atoms with Gasteiger partial charge < -0.3 is 25.2 Å². The Labute approximate surface area is 325 Å². The highest BCUT2D eigenvalue weighted by molar-refractivity contribution is 6.74. The molecule has 3 heterocycles. The number of aromatic nitrogens is 3. The molecule has 0 saturated heterocycles. The number of hydrogen-bond donors (Lipinski definition) is 3. The first-order chi connectivity index (χ1) is 26.1. The average molecular weight is 790 g/mol. The second-order valence-corrected chi connectivity index (χ2v) is 20.1. The van der Waals surface area contributed by atoms with Crippen LogP contribution in [0.25, 0.3) is 11.4 Å². The van der Waals surface area contributed by atoms with E-state index in [1.807, 2.05) is 0 Å². The molecule has 0 bridgehead atoms. The van der Waals surface area contributed by atoms with E-state index in [1.165, 1.54) is 18.3 Å². The summed E-state index contributed by atoms with van der Waals surface area (Å²) in [5.74, 6) is 4.91. The summed E-state index contributed by atoms with van der Waals surface area (Å²) in [7, 11) is 1.51. The molecule has 0 atom stereocenters. The average Bonchev–Trinajstić information content (AvgIpc) is 3.44. The van der Waals surface area contributed by atoms with Crippen LogP contribution in [0.3, 0.4) is 0 Å². The summed E-state index contributed by atoms with van der Waals surface area (Å²) in [6.45, 7) is 11.6. The lowest BCUT2D eigenvalue weighted by atomic mass is 10.0. The summed E-state index contributed by atoms with van der Waals surface area (Å²) in [5.41, 5.74) is 8.47. The zero-order chi connectivity index (χ0) is 41.2. The molecule has 296 valence electrons. The van der Waals surface area contributed by atoms with Gasteiger partial charge in [-0.05, 0) is 66.6 Å². The Morgan fingerprint density at radius 3 is 2.52 bits per heavy atom. The second-order valence-electron chi connectivity index (χ2n) is 15.3. The van der Waals surface area contributed by atoms with Crippen molar-refractivity contribution < 1.29 is 37.1 Å². The van der Waals surface area contributed by atoms with Crippen molar-refractivity contribution in [3.8, 4) is 23.2 Å². The molecular weight excluding hydrogens is 744 g/mol. The van der Waals surface area contributed by atoms with Crippen LogP contribution in [0.2, 0.25) is 18.1 Å². The Balaban J connectivity index is 1.28. The molecule has 3 amide bonds. The van der Waals surface area contributed by atoms with Gasteiger partial charge in [-0.3, -0.25) is 14.5 Å². The van der Waals surface area contributed by atoms with Crippen LogP contribution in [0, 0.1) is 11.8 Å². The fourth-order valence-corrected chi connectivity index (χ4v) is 7.11. The van der Waals surface area contributed by atoms with Crippen molar-refractivity contribution >= 4 is 37.9 Å². The molecule has 0 aliphatic carbocycles. The van der Waals surface area contributed by atoms with Crippen LogP contribution in [-0.2, 0) is 41.8 Å². The van der Waals surface area contributed by atoms with Crippen molar-refractivity contribution in [2.24, 2.45) is 7.05 Å². The number of benzene rings is 2. The van der Waals surface area contributed by atoms with E-state index in [2.05, 4.69) is 61.0 Å². The van der Waals surface area contributed by atoms with Gasteiger partial charge in [0.2, 0.25) is 11.9 Å². The number of nitrogens with one attached hydrogen (secondary N) is 1. The summed E-state index contributed by atoms with van der Waals surface area (Å²) in [6, 6.07) is 12.2. The number of likely N-dealkylation sites (N-methyl/N-ethyl adjacent to an activating group) is 1. The normalized spacial score (nSPS) is 13.3. The Morgan fingerprint density at radius 2 is 1.84 bits per heavy atom. The van der Waals surface area contributed by atoms with Crippen LogP contribution in [0.5, 0.6) is 0 Å². The number of rotatable bonds is 10. The molecule has 12 nitrogen and oxygen atoms in total. The lowest BCUT2D eigenvalue weighted by Crippen LogP contribution is -2.42.